The molecule has 0 amide bonds. The summed E-state index contributed by atoms with van der Waals surface area (Å²) in [5.74, 6) is -0.325. The average Bonchev–Trinajstić information content (AvgIpc) is 2.56. The van der Waals surface area contributed by atoms with Crippen molar-refractivity contribution in [2.75, 3.05) is 5.73 Å². The zero-order chi connectivity index (χ0) is 10.8. The predicted octanol–water partition coefficient (Wildman–Crippen LogP) is 2.59. The van der Waals surface area contributed by atoms with Crippen LogP contribution >= 0.6 is 11.8 Å². The van der Waals surface area contributed by atoms with Crippen molar-refractivity contribution in [3.63, 3.8) is 0 Å². The molecule has 3 nitrogen and oxygen atoms in total. The standard InChI is InChI=1S/C10H10FN3S/c1-6-5-13-10(14-6)15-9-3-2-7(12)4-8(9)11/h2-5H,12H2,1H3,(H,13,14). The summed E-state index contributed by atoms with van der Waals surface area (Å²) in [6.07, 6.45) is 1.78. The summed E-state index contributed by atoms with van der Waals surface area (Å²) < 4.78 is 13.4. The lowest BCUT2D eigenvalue weighted by Gasteiger charge is -2.00. The monoisotopic (exact) mass is 223 g/mol. The first-order chi connectivity index (χ1) is 7.15. The maximum Gasteiger partial charge on any atom is 0.170 e. The number of hydrogen-bond acceptors (Lipinski definition) is 3. The molecular formula is C10H10FN3S. The molecule has 5 heteroatoms. The predicted molar refractivity (Wildman–Crippen MR) is 58.3 cm³/mol. The number of halogens is 1. The first-order valence-corrected chi connectivity index (χ1v) is 5.21. The molecule has 0 aliphatic carbocycles. The van der Waals surface area contributed by atoms with E-state index in [2.05, 4.69) is 9.97 Å². The van der Waals surface area contributed by atoms with Gasteiger partial charge in [0.15, 0.2) is 5.16 Å². The van der Waals surface area contributed by atoms with Crippen LogP contribution in [0.3, 0.4) is 0 Å². The quantitative estimate of drug-likeness (QED) is 0.769. The Hall–Kier alpha value is -1.49. The van der Waals surface area contributed by atoms with E-state index in [1.165, 1.54) is 17.8 Å². The second kappa shape index (κ2) is 3.94. The second-order valence-corrected chi connectivity index (χ2v) is 4.17. The van der Waals surface area contributed by atoms with Crippen LogP contribution in [-0.4, -0.2) is 9.97 Å². The zero-order valence-electron chi connectivity index (χ0n) is 8.12. The molecule has 0 atom stereocenters. The van der Waals surface area contributed by atoms with Gasteiger partial charge in [-0.15, -0.1) is 0 Å². The Bertz CT molecular complexity index is 481. The highest BCUT2D eigenvalue weighted by molar-refractivity contribution is 7.99. The lowest BCUT2D eigenvalue weighted by molar-refractivity contribution is 0.602. The van der Waals surface area contributed by atoms with Crippen LogP contribution in [0.4, 0.5) is 10.1 Å². The Kier molecular flexibility index (Phi) is 2.64. The largest absolute Gasteiger partial charge is 0.399 e. The molecule has 0 unspecified atom stereocenters. The molecule has 0 fully saturated rings. The van der Waals surface area contributed by atoms with Crippen LogP contribution in [0.5, 0.6) is 0 Å². The molecule has 78 valence electrons. The third kappa shape index (κ3) is 2.30. The number of hydrogen-bond donors (Lipinski definition) is 2. The molecule has 0 spiro atoms. The number of aromatic nitrogens is 2. The molecule has 0 aliphatic rings. The maximum absolute atomic E-state index is 13.4. The Balaban J connectivity index is 2.24. The van der Waals surface area contributed by atoms with Crippen molar-refractivity contribution >= 4 is 17.4 Å². The number of rotatable bonds is 2. The summed E-state index contributed by atoms with van der Waals surface area (Å²) in [5.41, 5.74) is 6.76. The molecule has 15 heavy (non-hydrogen) atoms. The number of anilines is 1. The smallest absolute Gasteiger partial charge is 0.170 e. The molecule has 0 aliphatic heterocycles. The van der Waals surface area contributed by atoms with E-state index in [9.17, 15) is 4.39 Å². The minimum Gasteiger partial charge on any atom is -0.399 e. The van der Waals surface area contributed by atoms with Gasteiger partial charge in [0.1, 0.15) is 5.82 Å². The van der Waals surface area contributed by atoms with Crippen LogP contribution in [0.15, 0.2) is 34.4 Å². The third-order valence-corrected chi connectivity index (χ3v) is 2.80. The third-order valence-electron chi connectivity index (χ3n) is 1.84. The topological polar surface area (TPSA) is 54.7 Å². The van der Waals surface area contributed by atoms with Crippen molar-refractivity contribution in [1.29, 1.82) is 0 Å². The van der Waals surface area contributed by atoms with E-state index < -0.39 is 0 Å². The van der Waals surface area contributed by atoms with Crippen LogP contribution in [0.2, 0.25) is 0 Å². The Morgan fingerprint density at radius 2 is 2.27 bits per heavy atom. The molecule has 2 aromatic rings. The first kappa shape index (κ1) is 10.0. The van der Waals surface area contributed by atoms with Gasteiger partial charge in [0.05, 0.1) is 10.6 Å². The van der Waals surface area contributed by atoms with E-state index in [1.807, 2.05) is 6.92 Å². The van der Waals surface area contributed by atoms with Gasteiger partial charge in [0, 0.05) is 11.9 Å². The summed E-state index contributed by atoms with van der Waals surface area (Å²) in [6, 6.07) is 4.62. The van der Waals surface area contributed by atoms with Gasteiger partial charge in [0.25, 0.3) is 0 Å². The van der Waals surface area contributed by atoms with Crippen molar-refractivity contribution in [3.8, 4) is 0 Å². The molecular weight excluding hydrogens is 213 g/mol. The number of H-pyrrole nitrogens is 1. The molecule has 0 saturated carbocycles. The van der Waals surface area contributed by atoms with E-state index >= 15 is 0 Å². The molecule has 0 bridgehead atoms. The van der Waals surface area contributed by atoms with Crippen molar-refractivity contribution in [3.05, 3.63) is 35.9 Å². The van der Waals surface area contributed by atoms with Crippen LogP contribution in [0.1, 0.15) is 5.69 Å². The van der Waals surface area contributed by atoms with Gasteiger partial charge in [-0.05, 0) is 36.9 Å². The van der Waals surface area contributed by atoms with Gasteiger partial charge in [-0.25, -0.2) is 9.37 Å². The lowest BCUT2D eigenvalue weighted by Crippen LogP contribution is -1.88. The molecule has 1 aromatic heterocycles. The van der Waals surface area contributed by atoms with E-state index in [-0.39, 0.29) is 5.82 Å². The number of benzene rings is 1. The van der Waals surface area contributed by atoms with Crippen LogP contribution in [0, 0.1) is 12.7 Å². The number of nitrogens with zero attached hydrogens (tertiary/aromatic N) is 1. The fraction of sp³-hybridized carbons (Fsp3) is 0.100. The summed E-state index contributed by atoms with van der Waals surface area (Å²) in [7, 11) is 0. The molecule has 1 aromatic carbocycles. The van der Waals surface area contributed by atoms with Gasteiger partial charge in [-0.1, -0.05) is 0 Å². The maximum atomic E-state index is 13.4. The fourth-order valence-corrected chi connectivity index (χ4v) is 1.96. The summed E-state index contributed by atoms with van der Waals surface area (Å²) >= 11 is 1.25. The highest BCUT2D eigenvalue weighted by atomic mass is 32.2. The number of nitrogens with two attached hydrogens (primary N) is 1. The van der Waals surface area contributed by atoms with Gasteiger partial charge < -0.3 is 10.7 Å². The van der Waals surface area contributed by atoms with Gasteiger partial charge in [-0.2, -0.15) is 0 Å². The molecule has 1 heterocycles. The van der Waals surface area contributed by atoms with Crippen molar-refractivity contribution in [2.45, 2.75) is 17.0 Å². The van der Waals surface area contributed by atoms with Crippen molar-refractivity contribution < 1.29 is 4.39 Å². The van der Waals surface area contributed by atoms with Gasteiger partial charge in [-0.3, -0.25) is 0 Å². The average molecular weight is 223 g/mol. The zero-order valence-corrected chi connectivity index (χ0v) is 8.94. The van der Waals surface area contributed by atoms with Crippen LogP contribution < -0.4 is 5.73 Å². The number of aromatic amines is 1. The summed E-state index contributed by atoms with van der Waals surface area (Å²) in [5, 5.41) is 0.677. The molecule has 0 saturated heterocycles. The number of aryl methyl sites for hydroxylation is 1. The highest BCUT2D eigenvalue weighted by Gasteiger charge is 2.06. The SMILES string of the molecule is Cc1c[nH]c(Sc2ccc(N)cc2F)n1. The minimum atomic E-state index is -0.325. The van der Waals surface area contributed by atoms with Crippen LogP contribution in [-0.2, 0) is 0 Å². The van der Waals surface area contributed by atoms with Crippen molar-refractivity contribution in [2.24, 2.45) is 0 Å². The Morgan fingerprint density at radius 3 is 2.87 bits per heavy atom. The fourth-order valence-electron chi connectivity index (χ4n) is 1.15. The molecule has 2 rings (SSSR count). The second-order valence-electron chi connectivity index (χ2n) is 3.14. The number of nitrogens with one attached hydrogen (secondary N) is 1. The first-order valence-electron chi connectivity index (χ1n) is 4.40. The van der Waals surface area contributed by atoms with E-state index in [0.717, 1.165) is 5.69 Å². The Morgan fingerprint density at radius 1 is 1.47 bits per heavy atom. The molecule has 0 radical (unpaired) electrons. The van der Waals surface area contributed by atoms with Crippen molar-refractivity contribution in [1.82, 2.24) is 9.97 Å². The highest BCUT2D eigenvalue weighted by Crippen LogP contribution is 2.28. The van der Waals surface area contributed by atoms with Gasteiger partial charge >= 0.3 is 0 Å². The van der Waals surface area contributed by atoms with E-state index in [0.29, 0.717) is 15.7 Å². The normalized spacial score (nSPS) is 10.5. The Labute approximate surface area is 90.9 Å². The number of imidazole rings is 1. The van der Waals surface area contributed by atoms with Gasteiger partial charge in [0.2, 0.25) is 0 Å². The van der Waals surface area contributed by atoms with E-state index in [1.54, 1.807) is 18.3 Å². The summed E-state index contributed by atoms with van der Waals surface area (Å²) in [4.78, 5) is 7.64. The summed E-state index contributed by atoms with van der Waals surface area (Å²) in [6.45, 7) is 1.87. The minimum absolute atomic E-state index is 0.325. The lowest BCUT2D eigenvalue weighted by atomic mass is 10.3. The van der Waals surface area contributed by atoms with E-state index in [4.69, 9.17) is 5.73 Å². The van der Waals surface area contributed by atoms with Crippen LogP contribution in [0.25, 0.3) is 0 Å². The molecule has 3 N–H and O–H groups in total. The number of nitrogen functional groups attached to an aromatic ring is 1.